The molecule has 1 atom stereocenters. The second-order valence-electron chi connectivity index (χ2n) is 4.82. The number of amides is 2. The molecular weight excluding hydrogens is 268 g/mol. The Morgan fingerprint density at radius 3 is 2.52 bits per heavy atom. The van der Waals surface area contributed by atoms with Crippen LogP contribution in [0.2, 0.25) is 0 Å². The Kier molecular flexibility index (Phi) is 7.18. The van der Waals surface area contributed by atoms with Crippen molar-refractivity contribution < 1.29 is 14.7 Å². The number of hydrogen-bond donors (Lipinski definition) is 3. The van der Waals surface area contributed by atoms with Gasteiger partial charge in [-0.15, -0.1) is 0 Å². The van der Waals surface area contributed by atoms with Crippen molar-refractivity contribution in [2.24, 2.45) is 0 Å². The van der Waals surface area contributed by atoms with E-state index >= 15 is 0 Å². The van der Waals surface area contributed by atoms with Gasteiger partial charge in [0, 0.05) is 25.2 Å². The number of aliphatic hydroxyl groups is 1. The lowest BCUT2D eigenvalue weighted by Crippen LogP contribution is -2.30. The van der Waals surface area contributed by atoms with Crippen LogP contribution < -0.4 is 10.6 Å². The van der Waals surface area contributed by atoms with Crippen molar-refractivity contribution in [2.45, 2.75) is 32.8 Å². The summed E-state index contributed by atoms with van der Waals surface area (Å²) >= 11 is 0. The van der Waals surface area contributed by atoms with Crippen molar-refractivity contribution in [3.63, 3.8) is 0 Å². The van der Waals surface area contributed by atoms with Crippen LogP contribution >= 0.6 is 0 Å². The van der Waals surface area contributed by atoms with Gasteiger partial charge in [-0.2, -0.15) is 0 Å². The normalized spacial score (nSPS) is 12.1. The Hall–Kier alpha value is -2.14. The molecule has 0 aliphatic rings. The predicted molar refractivity (Wildman–Crippen MR) is 83.7 cm³/mol. The number of anilines is 1. The van der Waals surface area contributed by atoms with E-state index in [9.17, 15) is 14.7 Å². The van der Waals surface area contributed by atoms with E-state index in [-0.39, 0.29) is 18.4 Å². The molecule has 0 spiro atoms. The van der Waals surface area contributed by atoms with Gasteiger partial charge in [0.2, 0.25) is 11.8 Å². The second-order valence-corrected chi connectivity index (χ2v) is 4.82. The van der Waals surface area contributed by atoms with E-state index in [2.05, 4.69) is 10.6 Å². The fourth-order valence-electron chi connectivity index (χ4n) is 1.77. The van der Waals surface area contributed by atoms with Crippen LogP contribution in [0.3, 0.4) is 0 Å². The van der Waals surface area contributed by atoms with Crippen LogP contribution in [0.25, 0.3) is 6.08 Å². The fraction of sp³-hybridized carbons (Fsp3) is 0.375. The average molecular weight is 290 g/mol. The summed E-state index contributed by atoms with van der Waals surface area (Å²) in [6, 6.07) is 7.15. The third-order valence-corrected chi connectivity index (χ3v) is 2.79. The number of nitrogens with one attached hydrogen (secondary N) is 2. The summed E-state index contributed by atoms with van der Waals surface area (Å²) in [5, 5.41) is 14.8. The highest BCUT2D eigenvalue weighted by Gasteiger charge is 2.03. The van der Waals surface area contributed by atoms with Crippen LogP contribution in [0, 0.1) is 0 Å². The molecule has 0 aliphatic heterocycles. The van der Waals surface area contributed by atoms with Gasteiger partial charge in [-0.3, -0.25) is 9.59 Å². The Morgan fingerprint density at radius 1 is 1.29 bits per heavy atom. The van der Waals surface area contributed by atoms with E-state index in [1.54, 1.807) is 30.3 Å². The van der Waals surface area contributed by atoms with Crippen molar-refractivity contribution in [1.29, 1.82) is 0 Å². The van der Waals surface area contributed by atoms with Crippen molar-refractivity contribution >= 4 is 23.6 Å². The second kappa shape index (κ2) is 8.92. The highest BCUT2D eigenvalue weighted by Crippen LogP contribution is 2.10. The quantitative estimate of drug-likeness (QED) is 0.671. The molecule has 0 saturated carbocycles. The van der Waals surface area contributed by atoms with Gasteiger partial charge < -0.3 is 15.7 Å². The van der Waals surface area contributed by atoms with Crippen molar-refractivity contribution in [3.05, 3.63) is 35.9 Å². The first kappa shape index (κ1) is 16.9. The van der Waals surface area contributed by atoms with E-state index in [0.29, 0.717) is 12.1 Å². The molecule has 0 fully saturated rings. The summed E-state index contributed by atoms with van der Waals surface area (Å²) in [5.41, 5.74) is 1.57. The standard InChI is InChI=1S/C16H22N2O3/c1-3-4-15(20)11-17-16(21)10-7-13-5-8-14(9-6-13)18-12(2)19/h5-10,15,20H,3-4,11H2,1-2H3,(H,17,21)(H,18,19)/b10-7+. The van der Waals surface area contributed by atoms with Crippen LogP contribution in [-0.2, 0) is 9.59 Å². The van der Waals surface area contributed by atoms with E-state index in [1.807, 2.05) is 6.92 Å². The molecule has 0 aromatic heterocycles. The van der Waals surface area contributed by atoms with Gasteiger partial charge in [0.1, 0.15) is 0 Å². The fourth-order valence-corrected chi connectivity index (χ4v) is 1.77. The van der Waals surface area contributed by atoms with E-state index in [0.717, 1.165) is 12.0 Å². The van der Waals surface area contributed by atoms with Crippen LogP contribution in [0.15, 0.2) is 30.3 Å². The highest BCUT2D eigenvalue weighted by molar-refractivity contribution is 5.92. The minimum atomic E-state index is -0.496. The van der Waals surface area contributed by atoms with Gasteiger partial charge in [-0.25, -0.2) is 0 Å². The number of aliphatic hydroxyl groups excluding tert-OH is 1. The molecule has 3 N–H and O–H groups in total. The SMILES string of the molecule is CCCC(O)CNC(=O)/C=C/c1ccc(NC(C)=O)cc1. The predicted octanol–water partition coefficient (Wildman–Crippen LogP) is 1.94. The average Bonchev–Trinajstić information content (AvgIpc) is 2.44. The number of rotatable bonds is 7. The van der Waals surface area contributed by atoms with E-state index < -0.39 is 6.10 Å². The summed E-state index contributed by atoms with van der Waals surface area (Å²) in [5.74, 6) is -0.362. The molecule has 114 valence electrons. The lowest BCUT2D eigenvalue weighted by atomic mass is 10.2. The Bertz CT molecular complexity index is 495. The molecule has 21 heavy (non-hydrogen) atoms. The molecule has 0 radical (unpaired) electrons. The van der Waals surface area contributed by atoms with Crippen molar-refractivity contribution in [1.82, 2.24) is 5.32 Å². The number of hydrogen-bond acceptors (Lipinski definition) is 3. The number of carbonyl (C=O) groups is 2. The van der Waals surface area contributed by atoms with Crippen LogP contribution in [0.1, 0.15) is 32.3 Å². The third-order valence-electron chi connectivity index (χ3n) is 2.79. The highest BCUT2D eigenvalue weighted by atomic mass is 16.3. The Labute approximate surface area is 125 Å². The van der Waals surface area contributed by atoms with Crippen LogP contribution in [0.5, 0.6) is 0 Å². The van der Waals surface area contributed by atoms with Gasteiger partial charge in [0.25, 0.3) is 0 Å². The molecule has 0 aliphatic carbocycles. The van der Waals surface area contributed by atoms with Gasteiger partial charge in [-0.05, 0) is 30.2 Å². The van der Waals surface area contributed by atoms with Gasteiger partial charge in [0.15, 0.2) is 0 Å². The first-order chi connectivity index (χ1) is 10.0. The third kappa shape index (κ3) is 7.27. The smallest absolute Gasteiger partial charge is 0.244 e. The van der Waals surface area contributed by atoms with E-state index in [4.69, 9.17) is 0 Å². The topological polar surface area (TPSA) is 78.4 Å². The zero-order chi connectivity index (χ0) is 15.7. The maximum Gasteiger partial charge on any atom is 0.244 e. The molecule has 5 heteroatoms. The Morgan fingerprint density at radius 2 is 1.95 bits per heavy atom. The molecule has 1 rings (SSSR count). The maximum atomic E-state index is 11.6. The largest absolute Gasteiger partial charge is 0.391 e. The molecule has 0 saturated heterocycles. The molecular formula is C16H22N2O3. The van der Waals surface area contributed by atoms with Gasteiger partial charge in [-0.1, -0.05) is 25.5 Å². The van der Waals surface area contributed by atoms with Crippen molar-refractivity contribution in [3.8, 4) is 0 Å². The molecule has 0 bridgehead atoms. The number of benzene rings is 1. The summed E-state index contributed by atoms with van der Waals surface area (Å²) in [4.78, 5) is 22.5. The first-order valence-corrected chi connectivity index (χ1v) is 7.03. The van der Waals surface area contributed by atoms with Gasteiger partial charge >= 0.3 is 0 Å². The summed E-state index contributed by atoms with van der Waals surface area (Å²) < 4.78 is 0. The summed E-state index contributed by atoms with van der Waals surface area (Å²) in [6.45, 7) is 3.69. The lowest BCUT2D eigenvalue weighted by molar-refractivity contribution is -0.117. The molecule has 1 unspecified atom stereocenters. The zero-order valence-corrected chi connectivity index (χ0v) is 12.4. The summed E-state index contributed by atoms with van der Waals surface area (Å²) in [6.07, 6.45) is 4.16. The monoisotopic (exact) mass is 290 g/mol. The Balaban J connectivity index is 2.44. The minimum absolute atomic E-state index is 0.122. The maximum absolute atomic E-state index is 11.6. The molecule has 1 aromatic carbocycles. The molecule has 1 aromatic rings. The van der Waals surface area contributed by atoms with E-state index in [1.165, 1.54) is 13.0 Å². The zero-order valence-electron chi connectivity index (χ0n) is 12.4. The molecule has 2 amide bonds. The van der Waals surface area contributed by atoms with Gasteiger partial charge in [0.05, 0.1) is 6.10 Å². The lowest BCUT2D eigenvalue weighted by Gasteiger charge is -2.08. The van der Waals surface area contributed by atoms with Crippen molar-refractivity contribution in [2.75, 3.05) is 11.9 Å². The summed E-state index contributed by atoms with van der Waals surface area (Å²) in [7, 11) is 0. The molecule has 0 heterocycles. The molecule has 5 nitrogen and oxygen atoms in total. The van der Waals surface area contributed by atoms with Crippen LogP contribution in [-0.4, -0.2) is 29.6 Å². The minimum Gasteiger partial charge on any atom is -0.391 e. The van der Waals surface area contributed by atoms with Crippen LogP contribution in [0.4, 0.5) is 5.69 Å². The number of carbonyl (C=O) groups excluding carboxylic acids is 2. The first-order valence-electron chi connectivity index (χ1n) is 7.03.